The van der Waals surface area contributed by atoms with Gasteiger partial charge in [0.15, 0.2) is 0 Å². The molecule has 0 saturated carbocycles. The Bertz CT molecular complexity index is 626. The highest BCUT2D eigenvalue weighted by Gasteiger charge is 2.31. The average molecular weight is 329 g/mol. The van der Waals surface area contributed by atoms with Gasteiger partial charge in [-0.3, -0.25) is 19.4 Å². The molecule has 1 fully saturated rings. The first kappa shape index (κ1) is 16.6. The molecule has 1 amide bonds. The first-order valence-corrected chi connectivity index (χ1v) is 8.20. The van der Waals surface area contributed by atoms with E-state index in [0.717, 1.165) is 18.7 Å². The summed E-state index contributed by atoms with van der Waals surface area (Å²) in [7, 11) is 1.84. The molecule has 7 nitrogen and oxygen atoms in total. The van der Waals surface area contributed by atoms with Crippen LogP contribution in [0.3, 0.4) is 0 Å². The predicted octanol–water partition coefficient (Wildman–Crippen LogP) is 0.810. The maximum Gasteiger partial charge on any atom is 0.244 e. The van der Waals surface area contributed by atoms with E-state index in [9.17, 15) is 4.79 Å². The summed E-state index contributed by atoms with van der Waals surface area (Å²) in [5.74, 6) is 0.0806. The summed E-state index contributed by atoms with van der Waals surface area (Å²) in [5.41, 5.74) is 0.926. The number of carbonyl (C=O) groups is 1. The molecular weight excluding hydrogens is 306 g/mol. The van der Waals surface area contributed by atoms with Crippen LogP contribution in [0.1, 0.15) is 11.6 Å². The Kier molecular flexibility index (Phi) is 5.55. The number of amides is 1. The summed E-state index contributed by atoms with van der Waals surface area (Å²) in [6.07, 6.45) is 7.15. The van der Waals surface area contributed by atoms with Gasteiger partial charge in [0.1, 0.15) is 6.04 Å². The first-order valence-electron chi connectivity index (χ1n) is 8.20. The van der Waals surface area contributed by atoms with Crippen LogP contribution in [0.5, 0.6) is 0 Å². The smallest absolute Gasteiger partial charge is 0.244 e. The van der Waals surface area contributed by atoms with Crippen LogP contribution in [0.25, 0.3) is 0 Å². The molecule has 1 aliphatic heterocycles. The van der Waals surface area contributed by atoms with Gasteiger partial charge in [0.2, 0.25) is 5.91 Å². The van der Waals surface area contributed by atoms with Gasteiger partial charge in [-0.2, -0.15) is 5.10 Å². The van der Waals surface area contributed by atoms with Crippen molar-refractivity contribution in [1.29, 1.82) is 0 Å². The normalized spacial score (nSPS) is 16.7. The Hall–Kier alpha value is -2.25. The van der Waals surface area contributed by atoms with Crippen LogP contribution in [-0.2, 0) is 16.1 Å². The fraction of sp³-hybridized carbons (Fsp3) is 0.471. The number of hydrogen-bond acceptors (Lipinski definition) is 5. The lowest BCUT2D eigenvalue weighted by molar-refractivity contribution is -0.138. The van der Waals surface area contributed by atoms with Crippen LogP contribution < -0.4 is 0 Å². The molecule has 1 aliphatic rings. The summed E-state index contributed by atoms with van der Waals surface area (Å²) in [6.45, 7) is 4.10. The molecule has 1 unspecified atom stereocenters. The highest BCUT2D eigenvalue weighted by atomic mass is 16.5. The molecule has 0 spiro atoms. The molecular formula is C17H23N5O2. The molecule has 2 aromatic heterocycles. The molecule has 3 heterocycles. The highest BCUT2D eigenvalue weighted by molar-refractivity contribution is 5.83. The largest absolute Gasteiger partial charge is 0.379 e. The third-order valence-corrected chi connectivity index (χ3v) is 4.24. The summed E-state index contributed by atoms with van der Waals surface area (Å²) in [6, 6.07) is 5.41. The van der Waals surface area contributed by atoms with E-state index in [2.05, 4.69) is 15.0 Å². The van der Waals surface area contributed by atoms with E-state index >= 15 is 0 Å². The van der Waals surface area contributed by atoms with E-state index in [1.807, 2.05) is 36.1 Å². The second-order valence-electron chi connectivity index (χ2n) is 5.87. The standard InChI is InChI=1S/C17H23N5O2/c1-20(8-9-22-7-3-6-19-22)17(23)16(15-4-2-5-18-14-15)21-10-12-24-13-11-21/h2-7,14,16H,8-13H2,1H3. The summed E-state index contributed by atoms with van der Waals surface area (Å²) < 4.78 is 7.26. The maximum atomic E-state index is 13.1. The van der Waals surface area contributed by atoms with Crippen molar-refractivity contribution in [2.75, 3.05) is 39.9 Å². The van der Waals surface area contributed by atoms with Gasteiger partial charge in [-0.05, 0) is 17.7 Å². The Balaban J connectivity index is 1.72. The van der Waals surface area contributed by atoms with Gasteiger partial charge in [0, 0.05) is 51.5 Å². The third kappa shape index (κ3) is 3.98. The van der Waals surface area contributed by atoms with Crippen molar-refractivity contribution in [3.8, 4) is 0 Å². The highest BCUT2D eigenvalue weighted by Crippen LogP contribution is 2.23. The minimum Gasteiger partial charge on any atom is -0.379 e. The number of nitrogens with zero attached hydrogens (tertiary/aromatic N) is 5. The number of pyridine rings is 1. The minimum absolute atomic E-state index is 0.0806. The molecule has 0 aromatic carbocycles. The number of morpholine rings is 1. The molecule has 0 N–H and O–H groups in total. The fourth-order valence-corrected chi connectivity index (χ4v) is 2.89. The fourth-order valence-electron chi connectivity index (χ4n) is 2.89. The molecule has 1 saturated heterocycles. The lowest BCUT2D eigenvalue weighted by Crippen LogP contribution is -2.46. The molecule has 24 heavy (non-hydrogen) atoms. The SMILES string of the molecule is CN(CCn1cccn1)C(=O)C(c1cccnc1)N1CCOCC1. The first-order chi connectivity index (χ1) is 11.8. The topological polar surface area (TPSA) is 63.5 Å². The van der Waals surface area contributed by atoms with Gasteiger partial charge in [-0.1, -0.05) is 6.07 Å². The molecule has 3 rings (SSSR count). The number of likely N-dealkylation sites (N-methyl/N-ethyl adjacent to an activating group) is 1. The van der Waals surface area contributed by atoms with Gasteiger partial charge < -0.3 is 9.64 Å². The maximum absolute atomic E-state index is 13.1. The van der Waals surface area contributed by atoms with Crippen LogP contribution >= 0.6 is 0 Å². The average Bonchev–Trinajstić information content (AvgIpc) is 3.15. The molecule has 0 aliphatic carbocycles. The Morgan fingerprint density at radius 1 is 1.33 bits per heavy atom. The Morgan fingerprint density at radius 3 is 2.83 bits per heavy atom. The van der Waals surface area contributed by atoms with Gasteiger partial charge in [-0.15, -0.1) is 0 Å². The van der Waals surface area contributed by atoms with Crippen molar-refractivity contribution in [3.63, 3.8) is 0 Å². The molecule has 2 aromatic rings. The van der Waals surface area contributed by atoms with Crippen molar-refractivity contribution >= 4 is 5.91 Å². The molecule has 7 heteroatoms. The van der Waals surface area contributed by atoms with Crippen LogP contribution in [0.4, 0.5) is 0 Å². The Morgan fingerprint density at radius 2 is 2.17 bits per heavy atom. The zero-order chi connectivity index (χ0) is 16.8. The van der Waals surface area contributed by atoms with Crippen molar-refractivity contribution in [1.82, 2.24) is 24.6 Å². The molecule has 1 atom stereocenters. The van der Waals surface area contributed by atoms with E-state index in [0.29, 0.717) is 26.3 Å². The second-order valence-corrected chi connectivity index (χ2v) is 5.87. The number of rotatable bonds is 6. The number of carbonyl (C=O) groups excluding carboxylic acids is 1. The van der Waals surface area contributed by atoms with Gasteiger partial charge in [-0.25, -0.2) is 0 Å². The van der Waals surface area contributed by atoms with E-state index in [1.54, 1.807) is 23.5 Å². The van der Waals surface area contributed by atoms with E-state index in [-0.39, 0.29) is 11.9 Å². The third-order valence-electron chi connectivity index (χ3n) is 4.24. The van der Waals surface area contributed by atoms with Crippen LogP contribution in [-0.4, -0.2) is 70.4 Å². The minimum atomic E-state index is -0.315. The van der Waals surface area contributed by atoms with Crippen LogP contribution in [0, 0.1) is 0 Å². The lowest BCUT2D eigenvalue weighted by atomic mass is 10.1. The van der Waals surface area contributed by atoms with Crippen molar-refractivity contribution in [2.24, 2.45) is 0 Å². The van der Waals surface area contributed by atoms with E-state index in [4.69, 9.17) is 4.74 Å². The van der Waals surface area contributed by atoms with Gasteiger partial charge in [0.05, 0.1) is 19.8 Å². The number of aromatic nitrogens is 3. The molecule has 0 bridgehead atoms. The zero-order valence-corrected chi connectivity index (χ0v) is 13.9. The van der Waals surface area contributed by atoms with Gasteiger partial charge in [0.25, 0.3) is 0 Å². The van der Waals surface area contributed by atoms with Crippen LogP contribution in [0.2, 0.25) is 0 Å². The van der Waals surface area contributed by atoms with Crippen molar-refractivity contribution < 1.29 is 9.53 Å². The Labute approximate surface area is 141 Å². The monoisotopic (exact) mass is 329 g/mol. The van der Waals surface area contributed by atoms with E-state index in [1.165, 1.54) is 0 Å². The van der Waals surface area contributed by atoms with Gasteiger partial charge >= 0.3 is 0 Å². The van der Waals surface area contributed by atoms with Crippen LogP contribution in [0.15, 0.2) is 43.0 Å². The summed E-state index contributed by atoms with van der Waals surface area (Å²) >= 11 is 0. The number of ether oxygens (including phenoxy) is 1. The zero-order valence-electron chi connectivity index (χ0n) is 13.9. The lowest BCUT2D eigenvalue weighted by Gasteiger charge is -2.35. The second kappa shape index (κ2) is 8.03. The summed E-state index contributed by atoms with van der Waals surface area (Å²) in [5, 5.41) is 4.18. The van der Waals surface area contributed by atoms with Crippen molar-refractivity contribution in [3.05, 3.63) is 48.5 Å². The predicted molar refractivity (Wildman–Crippen MR) is 89.2 cm³/mol. The summed E-state index contributed by atoms with van der Waals surface area (Å²) in [4.78, 5) is 21.2. The number of hydrogen-bond donors (Lipinski definition) is 0. The molecule has 0 radical (unpaired) electrons. The molecule has 128 valence electrons. The quantitative estimate of drug-likeness (QED) is 0.785. The van der Waals surface area contributed by atoms with E-state index < -0.39 is 0 Å². The van der Waals surface area contributed by atoms with Crippen molar-refractivity contribution in [2.45, 2.75) is 12.6 Å².